The lowest BCUT2D eigenvalue weighted by Crippen LogP contribution is -2.29. The first kappa shape index (κ1) is 24.2. The van der Waals surface area contributed by atoms with Crippen molar-refractivity contribution in [1.82, 2.24) is 9.97 Å². The van der Waals surface area contributed by atoms with E-state index in [-0.39, 0.29) is 27.0 Å². The number of fused-ring (bicyclic) bond motifs is 1. The van der Waals surface area contributed by atoms with Gasteiger partial charge in [0.1, 0.15) is 17.6 Å². The molecule has 0 spiro atoms. The molecule has 1 atom stereocenters. The minimum Gasteiger partial charge on any atom is -0.507 e. The van der Waals surface area contributed by atoms with Crippen molar-refractivity contribution in [2.45, 2.75) is 19.9 Å². The van der Waals surface area contributed by atoms with Crippen LogP contribution in [0.5, 0.6) is 5.75 Å². The van der Waals surface area contributed by atoms with E-state index >= 15 is 0 Å². The second-order valence-electron chi connectivity index (χ2n) is 8.32. The van der Waals surface area contributed by atoms with Gasteiger partial charge in [0.2, 0.25) is 0 Å². The molecule has 4 aromatic rings. The molecule has 1 unspecified atom stereocenters. The molecule has 7 nitrogen and oxygen atoms in total. The molecule has 0 saturated carbocycles. The fraction of sp³-hybridized carbons (Fsp3) is 0.154. The topological polar surface area (TPSA) is 92.6 Å². The molecule has 0 radical (unpaired) electrons. The zero-order chi connectivity index (χ0) is 25.7. The van der Waals surface area contributed by atoms with E-state index in [4.69, 9.17) is 27.9 Å². The number of aliphatic hydroxyl groups excluding tert-OH is 1. The number of rotatable bonds is 4. The first-order valence-corrected chi connectivity index (χ1v) is 12.4. The number of hydrogen-bond acceptors (Lipinski definition) is 7. The summed E-state index contributed by atoms with van der Waals surface area (Å²) in [6, 6.07) is 11.1. The molecule has 1 saturated heterocycles. The number of aromatic nitrogens is 2. The fourth-order valence-electron chi connectivity index (χ4n) is 4.25. The van der Waals surface area contributed by atoms with Crippen molar-refractivity contribution in [2.75, 3.05) is 12.0 Å². The number of aryl methyl sites for hydroxylation is 2. The summed E-state index contributed by atoms with van der Waals surface area (Å²) in [6.45, 7) is 3.67. The van der Waals surface area contributed by atoms with Gasteiger partial charge in [0, 0.05) is 11.2 Å². The van der Waals surface area contributed by atoms with Crippen molar-refractivity contribution in [3.63, 3.8) is 0 Å². The molecule has 1 aliphatic rings. The molecule has 5 rings (SSSR count). The molecule has 3 heterocycles. The predicted octanol–water partition coefficient (Wildman–Crippen LogP) is 6.25. The van der Waals surface area contributed by atoms with Crippen LogP contribution in [0.3, 0.4) is 0 Å². The maximum atomic E-state index is 13.4. The number of aliphatic hydroxyl groups is 1. The van der Waals surface area contributed by atoms with Gasteiger partial charge in [-0.3, -0.25) is 19.5 Å². The minimum absolute atomic E-state index is 0.132. The molecule has 1 N–H and O–H groups in total. The molecule has 2 aromatic carbocycles. The van der Waals surface area contributed by atoms with Crippen LogP contribution in [0.15, 0.2) is 54.2 Å². The summed E-state index contributed by atoms with van der Waals surface area (Å²) >= 11 is 13.9. The molecule has 2 aromatic heterocycles. The number of ketones is 1. The van der Waals surface area contributed by atoms with Gasteiger partial charge in [-0.2, -0.15) is 0 Å². The SMILES string of the molecule is COc1c(Cl)cc(C)cc1/C(O)=C1\C(=O)C(=O)N(c2nc3cc(Cl)c(C)cc3s2)C1c1ccccn1. The number of halogens is 2. The number of nitrogens with zero attached hydrogens (tertiary/aromatic N) is 3. The molecule has 10 heteroatoms. The van der Waals surface area contributed by atoms with E-state index in [0.29, 0.717) is 16.2 Å². The number of Topliss-reactive ketones (excluding diaryl/α,β-unsaturated/α-hetero) is 1. The maximum absolute atomic E-state index is 13.4. The van der Waals surface area contributed by atoms with Crippen LogP contribution < -0.4 is 9.64 Å². The number of carbonyl (C=O) groups excluding carboxylic acids is 2. The van der Waals surface area contributed by atoms with Crippen LogP contribution in [0, 0.1) is 13.8 Å². The van der Waals surface area contributed by atoms with Crippen LogP contribution in [0.2, 0.25) is 10.0 Å². The average Bonchev–Trinajstić information content (AvgIpc) is 3.36. The van der Waals surface area contributed by atoms with E-state index < -0.39 is 23.5 Å². The van der Waals surface area contributed by atoms with Crippen LogP contribution in [-0.4, -0.2) is 33.9 Å². The number of amides is 1. The summed E-state index contributed by atoms with van der Waals surface area (Å²) in [4.78, 5) is 37.1. The van der Waals surface area contributed by atoms with Crippen LogP contribution in [0.25, 0.3) is 16.0 Å². The van der Waals surface area contributed by atoms with E-state index in [1.54, 1.807) is 49.5 Å². The number of hydrogen-bond donors (Lipinski definition) is 1. The zero-order valence-electron chi connectivity index (χ0n) is 19.4. The van der Waals surface area contributed by atoms with E-state index in [1.807, 2.05) is 13.0 Å². The molecule has 36 heavy (non-hydrogen) atoms. The quantitative estimate of drug-likeness (QED) is 0.187. The Hall–Kier alpha value is -3.46. The summed E-state index contributed by atoms with van der Waals surface area (Å²) in [6.07, 6.45) is 1.56. The summed E-state index contributed by atoms with van der Waals surface area (Å²) < 4.78 is 6.22. The monoisotopic (exact) mass is 539 g/mol. The summed E-state index contributed by atoms with van der Waals surface area (Å²) in [5.74, 6) is -1.91. The molecule has 182 valence electrons. The number of carbonyl (C=O) groups is 2. The van der Waals surface area contributed by atoms with Gasteiger partial charge in [-0.25, -0.2) is 4.98 Å². The first-order chi connectivity index (χ1) is 17.2. The average molecular weight is 540 g/mol. The summed E-state index contributed by atoms with van der Waals surface area (Å²) in [7, 11) is 1.41. The van der Waals surface area contributed by atoms with Crippen molar-refractivity contribution in [2.24, 2.45) is 0 Å². The summed E-state index contributed by atoms with van der Waals surface area (Å²) in [5.41, 5.74) is 2.67. The Labute approximate surface area is 220 Å². The third-order valence-electron chi connectivity index (χ3n) is 5.92. The van der Waals surface area contributed by atoms with Gasteiger partial charge < -0.3 is 9.84 Å². The van der Waals surface area contributed by atoms with Crippen molar-refractivity contribution in [3.05, 3.63) is 86.7 Å². The van der Waals surface area contributed by atoms with E-state index in [9.17, 15) is 14.7 Å². The van der Waals surface area contributed by atoms with E-state index in [2.05, 4.69) is 9.97 Å². The third-order valence-corrected chi connectivity index (χ3v) is 7.63. The Morgan fingerprint density at radius 3 is 2.58 bits per heavy atom. The predicted molar refractivity (Wildman–Crippen MR) is 141 cm³/mol. The number of anilines is 1. The Balaban J connectivity index is 1.77. The lowest BCUT2D eigenvalue weighted by molar-refractivity contribution is -0.132. The van der Waals surface area contributed by atoms with Gasteiger partial charge in [0.25, 0.3) is 5.78 Å². The van der Waals surface area contributed by atoms with Crippen molar-refractivity contribution >= 4 is 67.3 Å². The third kappa shape index (κ3) is 3.91. The number of methoxy groups -OCH3 is 1. The van der Waals surface area contributed by atoms with E-state index in [1.165, 1.54) is 23.3 Å². The number of thiazole rings is 1. The highest BCUT2D eigenvalue weighted by atomic mass is 35.5. The number of ether oxygens (including phenoxy) is 1. The van der Waals surface area contributed by atoms with Crippen molar-refractivity contribution < 1.29 is 19.4 Å². The van der Waals surface area contributed by atoms with Gasteiger partial charge in [-0.15, -0.1) is 0 Å². The summed E-state index contributed by atoms with van der Waals surface area (Å²) in [5, 5.41) is 12.6. The molecule has 1 amide bonds. The normalized spacial score (nSPS) is 17.2. The molecule has 0 aliphatic carbocycles. The Bertz CT molecular complexity index is 1540. The van der Waals surface area contributed by atoms with Gasteiger partial charge in [0.05, 0.1) is 39.2 Å². The van der Waals surface area contributed by atoms with Gasteiger partial charge >= 0.3 is 5.91 Å². The Kier molecular flexibility index (Phi) is 6.20. The van der Waals surface area contributed by atoms with Gasteiger partial charge in [-0.1, -0.05) is 40.6 Å². The minimum atomic E-state index is -1.02. The smallest absolute Gasteiger partial charge is 0.301 e. The van der Waals surface area contributed by atoms with Crippen LogP contribution in [-0.2, 0) is 9.59 Å². The highest BCUT2D eigenvalue weighted by Crippen LogP contribution is 2.45. The molecule has 1 fully saturated rings. The van der Waals surface area contributed by atoms with Gasteiger partial charge in [0.15, 0.2) is 5.13 Å². The second kappa shape index (κ2) is 9.20. The lowest BCUT2D eigenvalue weighted by atomic mass is 9.97. The highest BCUT2D eigenvalue weighted by Gasteiger charge is 2.49. The number of pyridine rings is 1. The zero-order valence-corrected chi connectivity index (χ0v) is 21.7. The lowest BCUT2D eigenvalue weighted by Gasteiger charge is -2.22. The van der Waals surface area contributed by atoms with Crippen molar-refractivity contribution in [3.8, 4) is 5.75 Å². The van der Waals surface area contributed by atoms with E-state index in [0.717, 1.165) is 15.8 Å². The number of benzene rings is 2. The Morgan fingerprint density at radius 1 is 1.11 bits per heavy atom. The molecule has 1 aliphatic heterocycles. The van der Waals surface area contributed by atoms with Crippen LogP contribution in [0.4, 0.5) is 5.13 Å². The maximum Gasteiger partial charge on any atom is 0.301 e. The molecular formula is C26H19Cl2N3O4S. The fourth-order valence-corrected chi connectivity index (χ4v) is 5.83. The second-order valence-corrected chi connectivity index (χ2v) is 10.1. The van der Waals surface area contributed by atoms with Crippen LogP contribution in [0.1, 0.15) is 28.4 Å². The molecule has 0 bridgehead atoms. The molecular weight excluding hydrogens is 521 g/mol. The first-order valence-electron chi connectivity index (χ1n) is 10.8. The highest BCUT2D eigenvalue weighted by molar-refractivity contribution is 7.22. The standard InChI is InChI=1S/C26H19Cl2N3O4S/c1-12-8-14(24(35-3)16(28)9-12)22(32)20-21(17-6-4-5-7-29-17)31(25(34)23(20)33)26-30-18-11-15(27)13(2)10-19(18)36-26/h4-11,21,32H,1-3H3/b22-20+. The van der Waals surface area contributed by atoms with Crippen molar-refractivity contribution in [1.29, 1.82) is 0 Å². The largest absolute Gasteiger partial charge is 0.507 e. The van der Waals surface area contributed by atoms with Gasteiger partial charge in [-0.05, 0) is 61.4 Å². The Morgan fingerprint density at radius 2 is 1.89 bits per heavy atom. The van der Waals surface area contributed by atoms with Crippen LogP contribution >= 0.6 is 34.5 Å².